The molecule has 0 atom stereocenters. The number of hydrogen-bond donors (Lipinski definition) is 1. The van der Waals surface area contributed by atoms with Gasteiger partial charge < -0.3 is 4.98 Å². The van der Waals surface area contributed by atoms with Crippen molar-refractivity contribution in [3.8, 4) is 11.4 Å². The standard InChI is InChI=1S/C15H14ClN3/c1-2-7-19-8-5-11(6-9-19)15-17-13-4-3-12(16)10-14(13)18-15/h3-6,8-10H,2,7H2,1H3/p+1. The Morgan fingerprint density at radius 1 is 1.21 bits per heavy atom. The van der Waals surface area contributed by atoms with Crippen molar-refractivity contribution >= 4 is 22.6 Å². The molecule has 2 aromatic heterocycles. The van der Waals surface area contributed by atoms with Gasteiger partial charge in [-0.3, -0.25) is 0 Å². The molecule has 0 aliphatic rings. The summed E-state index contributed by atoms with van der Waals surface area (Å²) in [6.45, 7) is 3.21. The molecule has 96 valence electrons. The van der Waals surface area contributed by atoms with Crippen LogP contribution in [0.3, 0.4) is 0 Å². The van der Waals surface area contributed by atoms with Gasteiger partial charge in [0, 0.05) is 29.1 Å². The SMILES string of the molecule is CCC[n+]1ccc(-c2nc3ccc(Cl)cc3[nH]2)cc1. The second-order valence-electron chi connectivity index (χ2n) is 4.57. The second-order valence-corrected chi connectivity index (χ2v) is 5.01. The van der Waals surface area contributed by atoms with Gasteiger partial charge in [0.15, 0.2) is 12.4 Å². The van der Waals surface area contributed by atoms with Crippen molar-refractivity contribution in [2.45, 2.75) is 19.9 Å². The van der Waals surface area contributed by atoms with Gasteiger partial charge in [0.1, 0.15) is 12.4 Å². The summed E-state index contributed by atoms with van der Waals surface area (Å²) in [6.07, 6.45) is 5.30. The van der Waals surface area contributed by atoms with Crippen molar-refractivity contribution in [2.75, 3.05) is 0 Å². The first kappa shape index (κ1) is 12.2. The summed E-state index contributed by atoms with van der Waals surface area (Å²) < 4.78 is 2.17. The summed E-state index contributed by atoms with van der Waals surface area (Å²) >= 11 is 5.98. The van der Waals surface area contributed by atoms with Crippen molar-refractivity contribution < 1.29 is 4.57 Å². The number of nitrogens with one attached hydrogen (secondary N) is 1. The van der Waals surface area contributed by atoms with Crippen LogP contribution in [0.15, 0.2) is 42.7 Å². The molecule has 19 heavy (non-hydrogen) atoms. The van der Waals surface area contributed by atoms with Gasteiger partial charge in [-0.1, -0.05) is 18.5 Å². The van der Waals surface area contributed by atoms with Gasteiger partial charge in [0.25, 0.3) is 0 Å². The van der Waals surface area contributed by atoms with Crippen molar-refractivity contribution in [1.29, 1.82) is 0 Å². The topological polar surface area (TPSA) is 32.6 Å². The van der Waals surface area contributed by atoms with Crippen LogP contribution in [0.25, 0.3) is 22.4 Å². The molecule has 3 nitrogen and oxygen atoms in total. The Bertz CT molecular complexity index is 701. The summed E-state index contributed by atoms with van der Waals surface area (Å²) in [6, 6.07) is 9.84. The quantitative estimate of drug-likeness (QED) is 0.726. The van der Waals surface area contributed by atoms with E-state index >= 15 is 0 Å². The first-order chi connectivity index (χ1) is 9.26. The Labute approximate surface area is 116 Å². The predicted molar refractivity (Wildman–Crippen MR) is 77.0 cm³/mol. The maximum Gasteiger partial charge on any atom is 0.169 e. The van der Waals surface area contributed by atoms with Gasteiger partial charge >= 0.3 is 0 Å². The summed E-state index contributed by atoms with van der Waals surface area (Å²) in [5, 5.41) is 0.719. The van der Waals surface area contributed by atoms with Gasteiger partial charge in [-0.15, -0.1) is 0 Å². The van der Waals surface area contributed by atoms with Crippen molar-refractivity contribution in [3.05, 3.63) is 47.7 Å². The van der Waals surface area contributed by atoms with Crippen LogP contribution >= 0.6 is 11.6 Å². The Balaban J connectivity index is 1.99. The fraction of sp³-hybridized carbons (Fsp3) is 0.200. The zero-order valence-electron chi connectivity index (χ0n) is 10.7. The summed E-state index contributed by atoms with van der Waals surface area (Å²) in [5.74, 6) is 0.876. The van der Waals surface area contributed by atoms with E-state index in [1.807, 2.05) is 18.2 Å². The molecule has 0 bridgehead atoms. The molecule has 1 N–H and O–H groups in total. The lowest BCUT2D eigenvalue weighted by atomic mass is 10.2. The smallest absolute Gasteiger partial charge is 0.169 e. The van der Waals surface area contributed by atoms with E-state index in [1.165, 1.54) is 0 Å². The molecule has 0 spiro atoms. The Morgan fingerprint density at radius 3 is 2.74 bits per heavy atom. The van der Waals surface area contributed by atoms with Crippen LogP contribution < -0.4 is 4.57 Å². The van der Waals surface area contributed by atoms with Gasteiger partial charge in [0.05, 0.1) is 11.0 Å². The number of rotatable bonds is 3. The van der Waals surface area contributed by atoms with E-state index < -0.39 is 0 Å². The van der Waals surface area contributed by atoms with E-state index in [0.717, 1.165) is 40.4 Å². The fourth-order valence-corrected chi connectivity index (χ4v) is 2.31. The van der Waals surface area contributed by atoms with Gasteiger partial charge in [-0.2, -0.15) is 0 Å². The van der Waals surface area contributed by atoms with Crippen molar-refractivity contribution in [2.24, 2.45) is 0 Å². The third-order valence-corrected chi connectivity index (χ3v) is 3.33. The molecule has 4 heteroatoms. The van der Waals surface area contributed by atoms with Crippen LogP contribution in [0.1, 0.15) is 13.3 Å². The fourth-order valence-electron chi connectivity index (χ4n) is 2.14. The monoisotopic (exact) mass is 272 g/mol. The van der Waals surface area contributed by atoms with Crippen LogP contribution in [0.5, 0.6) is 0 Å². The van der Waals surface area contributed by atoms with Crippen LogP contribution in [0.2, 0.25) is 5.02 Å². The van der Waals surface area contributed by atoms with Crippen LogP contribution in [-0.2, 0) is 6.54 Å². The minimum absolute atomic E-state index is 0.719. The minimum atomic E-state index is 0.719. The average Bonchev–Trinajstić information content (AvgIpc) is 2.83. The summed E-state index contributed by atoms with van der Waals surface area (Å²) in [7, 11) is 0. The number of aryl methyl sites for hydroxylation is 1. The number of imidazole rings is 1. The Kier molecular flexibility index (Phi) is 3.22. The van der Waals surface area contributed by atoms with Crippen molar-refractivity contribution in [3.63, 3.8) is 0 Å². The lowest BCUT2D eigenvalue weighted by molar-refractivity contribution is -0.696. The number of pyridine rings is 1. The van der Waals surface area contributed by atoms with Crippen LogP contribution in [0, 0.1) is 0 Å². The highest BCUT2D eigenvalue weighted by Gasteiger charge is 2.07. The van der Waals surface area contributed by atoms with E-state index in [1.54, 1.807) is 0 Å². The highest BCUT2D eigenvalue weighted by molar-refractivity contribution is 6.31. The molecule has 3 rings (SSSR count). The molecule has 1 aromatic carbocycles. The van der Waals surface area contributed by atoms with Crippen molar-refractivity contribution in [1.82, 2.24) is 9.97 Å². The number of aromatic amines is 1. The predicted octanol–water partition coefficient (Wildman–Crippen LogP) is 3.58. The molecule has 0 radical (unpaired) electrons. The molecule has 0 fully saturated rings. The van der Waals surface area contributed by atoms with E-state index in [0.29, 0.717) is 0 Å². The summed E-state index contributed by atoms with van der Waals surface area (Å²) in [5.41, 5.74) is 2.98. The Hall–Kier alpha value is -1.87. The second kappa shape index (κ2) is 5.02. The number of nitrogens with zero attached hydrogens (tertiary/aromatic N) is 2. The van der Waals surface area contributed by atoms with E-state index in [2.05, 4.69) is 46.0 Å². The van der Waals surface area contributed by atoms with E-state index in [9.17, 15) is 0 Å². The molecule has 2 heterocycles. The maximum atomic E-state index is 5.98. The normalized spacial score (nSPS) is 11.1. The molecule has 0 unspecified atom stereocenters. The van der Waals surface area contributed by atoms with Gasteiger partial charge in [-0.25, -0.2) is 9.55 Å². The van der Waals surface area contributed by atoms with Crippen LogP contribution in [0.4, 0.5) is 0 Å². The molecule has 0 aliphatic carbocycles. The first-order valence-electron chi connectivity index (χ1n) is 6.41. The molecule has 3 aromatic rings. The molecule has 0 aliphatic heterocycles. The number of fused-ring (bicyclic) bond motifs is 1. The van der Waals surface area contributed by atoms with Gasteiger partial charge in [0.2, 0.25) is 0 Å². The number of aromatic nitrogens is 3. The minimum Gasteiger partial charge on any atom is -0.338 e. The van der Waals surface area contributed by atoms with Gasteiger partial charge in [-0.05, 0) is 18.2 Å². The first-order valence-corrected chi connectivity index (χ1v) is 6.79. The number of hydrogen-bond acceptors (Lipinski definition) is 1. The Morgan fingerprint density at radius 2 is 2.00 bits per heavy atom. The zero-order valence-corrected chi connectivity index (χ0v) is 11.5. The highest BCUT2D eigenvalue weighted by atomic mass is 35.5. The lowest BCUT2D eigenvalue weighted by Crippen LogP contribution is -2.31. The molecule has 0 saturated carbocycles. The third-order valence-electron chi connectivity index (χ3n) is 3.09. The third kappa shape index (κ3) is 2.47. The highest BCUT2D eigenvalue weighted by Crippen LogP contribution is 2.22. The molecular formula is C15H15ClN3+. The molecular weight excluding hydrogens is 258 g/mol. The maximum absolute atomic E-state index is 5.98. The average molecular weight is 273 g/mol. The number of benzene rings is 1. The largest absolute Gasteiger partial charge is 0.338 e. The lowest BCUT2D eigenvalue weighted by Gasteiger charge is -1.96. The van der Waals surface area contributed by atoms with E-state index in [-0.39, 0.29) is 0 Å². The van der Waals surface area contributed by atoms with Crippen LogP contribution in [-0.4, -0.2) is 9.97 Å². The summed E-state index contributed by atoms with van der Waals surface area (Å²) in [4.78, 5) is 7.88. The molecule has 0 saturated heterocycles. The molecule has 0 amide bonds. The zero-order chi connectivity index (χ0) is 13.2. The van der Waals surface area contributed by atoms with E-state index in [4.69, 9.17) is 11.6 Å². The number of H-pyrrole nitrogens is 1. The number of halogens is 1.